The Morgan fingerprint density at radius 3 is 2.58 bits per heavy atom. The molecule has 0 saturated heterocycles. The number of fused-ring (bicyclic) bond motifs is 1. The minimum Gasteiger partial charge on any atom is -0.455 e. The Kier molecular flexibility index (Phi) is 5.52. The van der Waals surface area contributed by atoms with Crippen molar-refractivity contribution in [2.24, 2.45) is 5.41 Å². The third-order valence-electron chi connectivity index (χ3n) is 5.98. The first kappa shape index (κ1) is 21.0. The summed E-state index contributed by atoms with van der Waals surface area (Å²) < 4.78 is 6.06. The molecule has 1 aromatic carbocycles. The first-order valence-electron chi connectivity index (χ1n) is 10.6. The van der Waals surface area contributed by atoms with Crippen LogP contribution < -0.4 is 0 Å². The van der Waals surface area contributed by atoms with Crippen molar-refractivity contribution < 1.29 is 14.0 Å². The number of pyridine rings is 1. The second-order valence-electron chi connectivity index (χ2n) is 9.24. The molecule has 0 fully saturated rings. The lowest BCUT2D eigenvalue weighted by atomic mass is 9.76. The van der Waals surface area contributed by atoms with Crippen molar-refractivity contribution in [3.8, 4) is 0 Å². The molecule has 31 heavy (non-hydrogen) atoms. The Bertz CT molecular complexity index is 1130. The highest BCUT2D eigenvalue weighted by molar-refractivity contribution is 6.03. The maximum Gasteiger partial charge on any atom is 0.290 e. The first-order chi connectivity index (χ1) is 14.7. The molecule has 0 unspecified atom stereocenters. The van der Waals surface area contributed by atoms with Gasteiger partial charge in [0.15, 0.2) is 11.5 Å². The SMILES string of the molecule is Cc1ccccc1CN(Cc1cccnc1)C(=O)c1oc2c(c1C)C(=O)CC(C)(C)C2. The number of aromatic nitrogens is 1. The van der Waals surface area contributed by atoms with Crippen molar-refractivity contribution in [1.82, 2.24) is 9.88 Å². The van der Waals surface area contributed by atoms with Gasteiger partial charge in [-0.15, -0.1) is 0 Å². The lowest BCUT2D eigenvalue weighted by Crippen LogP contribution is -2.30. The van der Waals surface area contributed by atoms with Gasteiger partial charge in [-0.3, -0.25) is 14.6 Å². The monoisotopic (exact) mass is 416 g/mol. The van der Waals surface area contributed by atoms with Crippen LogP contribution in [-0.2, 0) is 19.5 Å². The van der Waals surface area contributed by atoms with Crippen LogP contribution in [0.25, 0.3) is 0 Å². The van der Waals surface area contributed by atoms with Crippen LogP contribution in [0, 0.1) is 19.3 Å². The molecule has 0 radical (unpaired) electrons. The largest absolute Gasteiger partial charge is 0.455 e. The predicted molar refractivity (Wildman–Crippen MR) is 119 cm³/mol. The maximum atomic E-state index is 13.7. The van der Waals surface area contributed by atoms with E-state index < -0.39 is 0 Å². The molecule has 5 heteroatoms. The highest BCUT2D eigenvalue weighted by Crippen LogP contribution is 2.38. The molecule has 4 rings (SSSR count). The van der Waals surface area contributed by atoms with E-state index in [1.807, 2.05) is 50.2 Å². The van der Waals surface area contributed by atoms with Crippen LogP contribution in [0.2, 0.25) is 0 Å². The second-order valence-corrected chi connectivity index (χ2v) is 9.24. The molecule has 1 aliphatic carbocycles. The Morgan fingerprint density at radius 2 is 1.87 bits per heavy atom. The van der Waals surface area contributed by atoms with Crippen molar-refractivity contribution in [3.05, 3.63) is 88.1 Å². The van der Waals surface area contributed by atoms with Crippen molar-refractivity contribution in [3.63, 3.8) is 0 Å². The second kappa shape index (κ2) is 8.14. The summed E-state index contributed by atoms with van der Waals surface area (Å²) in [5.74, 6) is 0.765. The highest BCUT2D eigenvalue weighted by Gasteiger charge is 2.37. The number of hydrogen-bond donors (Lipinski definition) is 0. The van der Waals surface area contributed by atoms with Crippen LogP contribution in [0.5, 0.6) is 0 Å². The molecule has 1 amide bonds. The lowest BCUT2D eigenvalue weighted by molar-refractivity contribution is 0.0691. The van der Waals surface area contributed by atoms with E-state index in [1.54, 1.807) is 17.3 Å². The molecule has 5 nitrogen and oxygen atoms in total. The van der Waals surface area contributed by atoms with E-state index in [-0.39, 0.29) is 22.9 Å². The van der Waals surface area contributed by atoms with Gasteiger partial charge in [-0.05, 0) is 42.0 Å². The molecule has 0 atom stereocenters. The number of hydrogen-bond acceptors (Lipinski definition) is 4. The molecule has 0 N–H and O–H groups in total. The third kappa shape index (κ3) is 4.31. The summed E-state index contributed by atoms with van der Waals surface area (Å²) in [6.07, 6.45) is 4.61. The van der Waals surface area contributed by atoms with E-state index in [2.05, 4.69) is 18.8 Å². The molecule has 0 saturated carbocycles. The van der Waals surface area contributed by atoms with E-state index in [9.17, 15) is 9.59 Å². The van der Waals surface area contributed by atoms with Crippen LogP contribution in [0.15, 0.2) is 53.2 Å². The fraction of sp³-hybridized carbons (Fsp3) is 0.346. The normalized spacial score (nSPS) is 14.9. The third-order valence-corrected chi connectivity index (χ3v) is 5.98. The number of nitrogens with zero attached hydrogens (tertiary/aromatic N) is 2. The quantitative estimate of drug-likeness (QED) is 0.567. The lowest BCUT2D eigenvalue weighted by Gasteiger charge is -2.27. The number of aryl methyl sites for hydroxylation is 1. The Balaban J connectivity index is 1.71. The van der Waals surface area contributed by atoms with Gasteiger partial charge in [0.05, 0.1) is 5.56 Å². The molecule has 160 valence electrons. The van der Waals surface area contributed by atoms with E-state index >= 15 is 0 Å². The van der Waals surface area contributed by atoms with Gasteiger partial charge in [0.25, 0.3) is 5.91 Å². The van der Waals surface area contributed by atoms with Gasteiger partial charge in [0, 0.05) is 43.9 Å². The van der Waals surface area contributed by atoms with Crippen LogP contribution in [0.4, 0.5) is 0 Å². The van der Waals surface area contributed by atoms with E-state index in [0.717, 1.165) is 16.7 Å². The number of carbonyl (C=O) groups is 2. The van der Waals surface area contributed by atoms with Gasteiger partial charge < -0.3 is 9.32 Å². The van der Waals surface area contributed by atoms with Crippen molar-refractivity contribution in [2.45, 2.75) is 53.6 Å². The summed E-state index contributed by atoms with van der Waals surface area (Å²) in [6, 6.07) is 11.9. The fourth-order valence-electron chi connectivity index (χ4n) is 4.34. The molecule has 1 aliphatic rings. The molecule has 0 bridgehead atoms. The fourth-order valence-corrected chi connectivity index (χ4v) is 4.34. The van der Waals surface area contributed by atoms with Gasteiger partial charge in [-0.1, -0.05) is 44.2 Å². The number of rotatable bonds is 5. The van der Waals surface area contributed by atoms with Crippen molar-refractivity contribution in [2.75, 3.05) is 0 Å². The van der Waals surface area contributed by atoms with Crippen molar-refractivity contribution >= 4 is 11.7 Å². The van der Waals surface area contributed by atoms with Crippen LogP contribution >= 0.6 is 0 Å². The maximum absolute atomic E-state index is 13.7. The minimum atomic E-state index is -0.204. The zero-order valence-electron chi connectivity index (χ0n) is 18.6. The Labute approximate surface area is 183 Å². The summed E-state index contributed by atoms with van der Waals surface area (Å²) in [5.41, 5.74) is 4.23. The first-order valence-corrected chi connectivity index (χ1v) is 10.6. The van der Waals surface area contributed by atoms with Crippen LogP contribution in [0.3, 0.4) is 0 Å². The van der Waals surface area contributed by atoms with E-state index in [4.69, 9.17) is 4.42 Å². The van der Waals surface area contributed by atoms with Crippen molar-refractivity contribution in [1.29, 1.82) is 0 Å². The number of ketones is 1. The number of amides is 1. The highest BCUT2D eigenvalue weighted by atomic mass is 16.4. The summed E-state index contributed by atoms with van der Waals surface area (Å²) in [6.45, 7) is 8.83. The summed E-state index contributed by atoms with van der Waals surface area (Å²) in [5, 5.41) is 0. The number of benzene rings is 1. The van der Waals surface area contributed by atoms with Gasteiger partial charge in [-0.2, -0.15) is 0 Å². The van der Waals surface area contributed by atoms with E-state index in [0.29, 0.717) is 42.8 Å². The average molecular weight is 417 g/mol. The average Bonchev–Trinajstić information content (AvgIpc) is 3.04. The Morgan fingerprint density at radius 1 is 1.10 bits per heavy atom. The van der Waals surface area contributed by atoms with Gasteiger partial charge in [-0.25, -0.2) is 0 Å². The molecule has 2 heterocycles. The summed E-state index contributed by atoms with van der Waals surface area (Å²) >= 11 is 0. The number of furan rings is 1. The zero-order valence-corrected chi connectivity index (χ0v) is 18.6. The van der Waals surface area contributed by atoms with Gasteiger partial charge in [0.2, 0.25) is 0 Å². The van der Waals surface area contributed by atoms with Gasteiger partial charge >= 0.3 is 0 Å². The van der Waals surface area contributed by atoms with Crippen LogP contribution in [0.1, 0.15) is 69.2 Å². The van der Waals surface area contributed by atoms with E-state index in [1.165, 1.54) is 0 Å². The van der Waals surface area contributed by atoms with Crippen LogP contribution in [-0.4, -0.2) is 21.6 Å². The zero-order chi connectivity index (χ0) is 22.2. The Hall–Kier alpha value is -3.21. The molecule has 2 aromatic heterocycles. The minimum absolute atomic E-state index is 0.0595. The number of carbonyl (C=O) groups excluding carboxylic acids is 2. The molecule has 0 aliphatic heterocycles. The summed E-state index contributed by atoms with van der Waals surface area (Å²) in [4.78, 5) is 32.4. The molecule has 3 aromatic rings. The number of Topliss-reactive ketones (excluding diaryl/α,β-unsaturated/α-hetero) is 1. The topological polar surface area (TPSA) is 63.4 Å². The van der Waals surface area contributed by atoms with Gasteiger partial charge in [0.1, 0.15) is 5.76 Å². The molecular formula is C26H28N2O3. The summed E-state index contributed by atoms with van der Waals surface area (Å²) in [7, 11) is 0. The molecule has 0 spiro atoms. The standard InChI is InChI=1S/C26H28N2O3/c1-17-8-5-6-10-20(17)16-28(15-19-9-7-11-27-14-19)25(30)24-18(2)23-21(29)12-26(3,4)13-22(23)31-24/h5-11,14H,12-13,15-16H2,1-4H3. The smallest absolute Gasteiger partial charge is 0.290 e. The molecular weight excluding hydrogens is 388 g/mol. The predicted octanol–water partition coefficient (Wildman–Crippen LogP) is 5.29.